The van der Waals surface area contributed by atoms with E-state index in [1.165, 1.54) is 31.4 Å². The summed E-state index contributed by atoms with van der Waals surface area (Å²) in [6, 6.07) is 17.1. The van der Waals surface area contributed by atoms with Crippen molar-refractivity contribution >= 4 is 22.4 Å². The summed E-state index contributed by atoms with van der Waals surface area (Å²) in [6.07, 6.45) is 7.37. The van der Waals surface area contributed by atoms with Crippen molar-refractivity contribution in [2.75, 3.05) is 0 Å². The van der Waals surface area contributed by atoms with Crippen LogP contribution >= 0.6 is 11.6 Å². The molecule has 0 aromatic heterocycles. The fraction of sp³-hybridized carbons (Fsp3) is 0.312. The van der Waals surface area contributed by atoms with Crippen molar-refractivity contribution < 1.29 is 17.6 Å². The highest BCUT2D eigenvalue weighted by Crippen LogP contribution is 2.26. The molecule has 4 aromatic rings. The predicted molar refractivity (Wildman–Crippen MR) is 144 cm³/mol. The van der Waals surface area contributed by atoms with E-state index in [2.05, 4.69) is 6.92 Å². The molecule has 4 aromatic carbocycles. The molecular formula is C32H31ClF4. The van der Waals surface area contributed by atoms with Crippen LogP contribution in [0, 0.1) is 23.3 Å². The highest BCUT2D eigenvalue weighted by Gasteiger charge is 2.12. The Kier molecular flexibility index (Phi) is 9.26. The fourth-order valence-electron chi connectivity index (χ4n) is 4.75. The van der Waals surface area contributed by atoms with E-state index in [1.807, 2.05) is 30.3 Å². The van der Waals surface area contributed by atoms with E-state index in [9.17, 15) is 13.2 Å². The predicted octanol–water partition coefficient (Wildman–Crippen LogP) is 9.74. The molecule has 4 rings (SSSR count). The van der Waals surface area contributed by atoms with Gasteiger partial charge in [-0.25, -0.2) is 17.6 Å². The normalized spacial score (nSPS) is 11.4. The molecule has 0 aliphatic rings. The Labute approximate surface area is 221 Å². The first-order valence-corrected chi connectivity index (χ1v) is 13.3. The summed E-state index contributed by atoms with van der Waals surface area (Å²) >= 11 is 5.54. The molecule has 0 amide bonds. The molecule has 0 heterocycles. The summed E-state index contributed by atoms with van der Waals surface area (Å²) in [5.74, 6) is -2.13. The second-order valence-corrected chi connectivity index (χ2v) is 10.1. The molecule has 0 aliphatic heterocycles. The molecule has 0 saturated heterocycles. The Morgan fingerprint density at radius 3 is 1.92 bits per heavy atom. The molecule has 37 heavy (non-hydrogen) atoms. The van der Waals surface area contributed by atoms with Gasteiger partial charge in [0, 0.05) is 5.39 Å². The van der Waals surface area contributed by atoms with Crippen LogP contribution in [0.3, 0.4) is 0 Å². The van der Waals surface area contributed by atoms with Crippen molar-refractivity contribution in [2.45, 2.75) is 64.7 Å². The first-order chi connectivity index (χ1) is 17.9. The minimum atomic E-state index is -0.818. The lowest BCUT2D eigenvalue weighted by molar-refractivity contribution is 0.579. The van der Waals surface area contributed by atoms with Gasteiger partial charge in [-0.1, -0.05) is 80.3 Å². The number of hydrogen-bond acceptors (Lipinski definition) is 0. The molecule has 5 heteroatoms. The lowest BCUT2D eigenvalue weighted by Crippen LogP contribution is -1.99. The molecule has 0 spiro atoms. The van der Waals surface area contributed by atoms with Gasteiger partial charge in [0.25, 0.3) is 0 Å². The standard InChI is InChI=1S/C32H31ClF4/c1-2-3-4-5-6-21-7-11-24(28(34)18-21)12-8-22-10-16-27-26(17-22)15-14-25(32(27)37)13-9-23-19-29(35)31(33)30(36)20-23/h7,10-11,14-20H,2-6,8-9,12-13H2,1H3. The highest BCUT2D eigenvalue weighted by atomic mass is 35.5. The Balaban J connectivity index is 1.39. The van der Waals surface area contributed by atoms with Gasteiger partial charge in [-0.05, 0) is 89.9 Å². The summed E-state index contributed by atoms with van der Waals surface area (Å²) in [5.41, 5.74) is 3.64. The van der Waals surface area contributed by atoms with E-state index < -0.39 is 16.7 Å². The zero-order valence-electron chi connectivity index (χ0n) is 21.0. The number of halogens is 5. The van der Waals surface area contributed by atoms with Gasteiger partial charge in [-0.3, -0.25) is 0 Å². The van der Waals surface area contributed by atoms with E-state index in [0.29, 0.717) is 41.3 Å². The topological polar surface area (TPSA) is 0 Å². The van der Waals surface area contributed by atoms with Gasteiger partial charge in [0.15, 0.2) is 0 Å². The van der Waals surface area contributed by atoms with Crippen LogP contribution in [0.2, 0.25) is 5.02 Å². The molecule has 0 saturated carbocycles. The zero-order chi connectivity index (χ0) is 26.4. The average Bonchev–Trinajstić information content (AvgIpc) is 2.88. The zero-order valence-corrected chi connectivity index (χ0v) is 21.8. The van der Waals surface area contributed by atoms with Crippen molar-refractivity contribution in [3.63, 3.8) is 0 Å². The van der Waals surface area contributed by atoms with Crippen molar-refractivity contribution in [1.29, 1.82) is 0 Å². The molecular weight excluding hydrogens is 496 g/mol. The lowest BCUT2D eigenvalue weighted by Gasteiger charge is -2.10. The first-order valence-electron chi connectivity index (χ1n) is 13.0. The molecule has 0 atom stereocenters. The molecule has 0 fully saturated rings. The lowest BCUT2D eigenvalue weighted by atomic mass is 9.96. The maximum atomic E-state index is 15.2. The third kappa shape index (κ3) is 6.93. The first kappa shape index (κ1) is 27.2. The number of aryl methyl sites for hydroxylation is 5. The number of rotatable bonds is 11. The number of benzene rings is 4. The molecule has 0 radical (unpaired) electrons. The van der Waals surface area contributed by atoms with Crippen LogP contribution in [0.1, 0.15) is 60.4 Å². The number of hydrogen-bond donors (Lipinski definition) is 0. The largest absolute Gasteiger partial charge is 0.207 e. The summed E-state index contributed by atoms with van der Waals surface area (Å²) in [6.45, 7) is 2.18. The maximum Gasteiger partial charge on any atom is 0.145 e. The smallest absolute Gasteiger partial charge is 0.145 e. The summed E-state index contributed by atoms with van der Waals surface area (Å²) in [5, 5.41) is 0.729. The van der Waals surface area contributed by atoms with Crippen LogP contribution in [0.15, 0.2) is 60.7 Å². The SMILES string of the molecule is CCCCCCc1ccc(CCc2ccc3c(F)c(CCc4cc(F)c(Cl)c(F)c4)ccc3c2)c(F)c1. The quantitative estimate of drug-likeness (QED) is 0.104. The van der Waals surface area contributed by atoms with Crippen LogP contribution in [0.5, 0.6) is 0 Å². The Hall–Kier alpha value is -2.85. The number of unbranched alkanes of at least 4 members (excludes halogenated alkanes) is 3. The van der Waals surface area contributed by atoms with Gasteiger partial charge in [0.05, 0.1) is 0 Å². The van der Waals surface area contributed by atoms with Crippen molar-refractivity contribution in [3.05, 3.63) is 117 Å². The minimum absolute atomic E-state index is 0.162. The third-order valence-corrected chi connectivity index (χ3v) is 7.31. The number of fused-ring (bicyclic) bond motifs is 1. The van der Waals surface area contributed by atoms with E-state index >= 15 is 4.39 Å². The van der Waals surface area contributed by atoms with Crippen molar-refractivity contribution in [1.82, 2.24) is 0 Å². The van der Waals surface area contributed by atoms with Crippen LogP contribution in [-0.4, -0.2) is 0 Å². The summed E-state index contributed by atoms with van der Waals surface area (Å²) in [7, 11) is 0. The fourth-order valence-corrected chi connectivity index (χ4v) is 4.86. The van der Waals surface area contributed by atoms with Gasteiger partial charge >= 0.3 is 0 Å². The monoisotopic (exact) mass is 526 g/mol. The minimum Gasteiger partial charge on any atom is -0.207 e. The van der Waals surface area contributed by atoms with Gasteiger partial charge < -0.3 is 0 Å². The van der Waals surface area contributed by atoms with E-state index in [1.54, 1.807) is 18.2 Å². The summed E-state index contributed by atoms with van der Waals surface area (Å²) < 4.78 is 57.2. The van der Waals surface area contributed by atoms with E-state index in [4.69, 9.17) is 11.6 Å². The molecule has 0 unspecified atom stereocenters. The van der Waals surface area contributed by atoms with Crippen LogP contribution in [0.4, 0.5) is 17.6 Å². The van der Waals surface area contributed by atoms with Crippen LogP contribution in [-0.2, 0) is 32.1 Å². The molecule has 0 nitrogen and oxygen atoms in total. The molecule has 194 valence electrons. The molecule has 0 bridgehead atoms. The van der Waals surface area contributed by atoms with E-state index in [0.717, 1.165) is 29.4 Å². The van der Waals surface area contributed by atoms with Crippen molar-refractivity contribution in [2.24, 2.45) is 0 Å². The van der Waals surface area contributed by atoms with Gasteiger partial charge in [0.2, 0.25) is 0 Å². The van der Waals surface area contributed by atoms with E-state index in [-0.39, 0.29) is 18.1 Å². The second kappa shape index (κ2) is 12.6. The maximum absolute atomic E-state index is 15.2. The molecule has 0 N–H and O–H groups in total. The molecule has 0 aliphatic carbocycles. The van der Waals surface area contributed by atoms with Crippen LogP contribution in [0.25, 0.3) is 10.8 Å². The van der Waals surface area contributed by atoms with Gasteiger partial charge in [-0.15, -0.1) is 0 Å². The highest BCUT2D eigenvalue weighted by molar-refractivity contribution is 6.30. The third-order valence-electron chi connectivity index (χ3n) is 6.94. The average molecular weight is 527 g/mol. The van der Waals surface area contributed by atoms with Gasteiger partial charge in [0.1, 0.15) is 28.3 Å². The van der Waals surface area contributed by atoms with Gasteiger partial charge in [-0.2, -0.15) is 0 Å². The Bertz CT molecular complexity index is 1360. The van der Waals surface area contributed by atoms with Crippen LogP contribution < -0.4 is 0 Å². The Morgan fingerprint density at radius 2 is 1.19 bits per heavy atom. The Morgan fingerprint density at radius 1 is 0.568 bits per heavy atom. The second-order valence-electron chi connectivity index (χ2n) is 9.70. The van der Waals surface area contributed by atoms with Crippen molar-refractivity contribution in [3.8, 4) is 0 Å². The summed E-state index contributed by atoms with van der Waals surface area (Å²) in [4.78, 5) is 0.